The SMILES string of the molecule is CC(=O)O[C@@H](CO)COC(=O)/C=C(\C)CC/C=C(\C)CC/C=C(\C)CCC=C(C)C. The van der Waals surface area contributed by atoms with Crippen molar-refractivity contribution in [3.05, 3.63) is 46.6 Å². The highest BCUT2D eigenvalue weighted by Gasteiger charge is 2.13. The van der Waals surface area contributed by atoms with E-state index in [0.29, 0.717) is 0 Å². The van der Waals surface area contributed by atoms with Gasteiger partial charge in [0.15, 0.2) is 6.10 Å². The normalized spacial score (nSPS) is 13.6. The van der Waals surface area contributed by atoms with E-state index in [2.05, 4.69) is 45.9 Å². The van der Waals surface area contributed by atoms with E-state index in [9.17, 15) is 9.59 Å². The zero-order valence-corrected chi connectivity index (χ0v) is 19.6. The van der Waals surface area contributed by atoms with E-state index in [-0.39, 0.29) is 13.2 Å². The van der Waals surface area contributed by atoms with Gasteiger partial charge in [0.1, 0.15) is 6.61 Å². The number of hydrogen-bond acceptors (Lipinski definition) is 5. The van der Waals surface area contributed by atoms with Crippen LogP contribution in [0.5, 0.6) is 0 Å². The molecule has 0 aromatic rings. The summed E-state index contributed by atoms with van der Waals surface area (Å²) < 4.78 is 9.85. The Labute approximate surface area is 182 Å². The zero-order chi connectivity index (χ0) is 22.9. The van der Waals surface area contributed by atoms with E-state index in [1.807, 2.05) is 6.92 Å². The van der Waals surface area contributed by atoms with Crippen molar-refractivity contribution in [3.8, 4) is 0 Å². The number of ether oxygens (including phenoxy) is 2. The van der Waals surface area contributed by atoms with Crippen LogP contribution in [0.4, 0.5) is 0 Å². The molecule has 0 aliphatic rings. The van der Waals surface area contributed by atoms with Crippen molar-refractivity contribution in [2.24, 2.45) is 0 Å². The van der Waals surface area contributed by atoms with Gasteiger partial charge >= 0.3 is 11.9 Å². The second-order valence-corrected chi connectivity index (χ2v) is 8.03. The molecule has 0 heterocycles. The first-order chi connectivity index (χ1) is 14.1. The Bertz CT molecular complexity index is 648. The predicted octanol–water partition coefficient (Wildman–Crippen LogP) is 5.60. The van der Waals surface area contributed by atoms with Gasteiger partial charge in [0.25, 0.3) is 0 Å². The quantitative estimate of drug-likeness (QED) is 0.225. The molecule has 0 amide bonds. The number of carbonyl (C=O) groups excluding carboxylic acids is 2. The summed E-state index contributed by atoms with van der Waals surface area (Å²) in [6, 6.07) is 0. The number of hydrogen-bond donors (Lipinski definition) is 1. The van der Waals surface area contributed by atoms with Crippen molar-refractivity contribution in [1.82, 2.24) is 0 Å². The maximum Gasteiger partial charge on any atom is 0.330 e. The van der Waals surface area contributed by atoms with E-state index in [1.54, 1.807) is 0 Å². The lowest BCUT2D eigenvalue weighted by molar-refractivity contribution is -0.157. The molecule has 0 aromatic carbocycles. The fraction of sp³-hybridized carbons (Fsp3) is 0.600. The van der Waals surface area contributed by atoms with Gasteiger partial charge in [-0.25, -0.2) is 4.79 Å². The Morgan fingerprint density at radius 3 is 1.77 bits per heavy atom. The lowest BCUT2D eigenvalue weighted by Gasteiger charge is -2.13. The van der Waals surface area contributed by atoms with Crippen LogP contribution in [0.25, 0.3) is 0 Å². The van der Waals surface area contributed by atoms with Crippen LogP contribution < -0.4 is 0 Å². The van der Waals surface area contributed by atoms with Gasteiger partial charge in [0.2, 0.25) is 0 Å². The van der Waals surface area contributed by atoms with Gasteiger partial charge in [-0.3, -0.25) is 4.79 Å². The topological polar surface area (TPSA) is 72.8 Å². The van der Waals surface area contributed by atoms with Gasteiger partial charge in [0, 0.05) is 13.0 Å². The largest absolute Gasteiger partial charge is 0.458 e. The Morgan fingerprint density at radius 2 is 1.30 bits per heavy atom. The highest BCUT2D eigenvalue weighted by atomic mass is 16.6. The first kappa shape index (κ1) is 27.9. The molecule has 30 heavy (non-hydrogen) atoms. The van der Waals surface area contributed by atoms with Crippen molar-refractivity contribution in [2.75, 3.05) is 13.2 Å². The van der Waals surface area contributed by atoms with Crippen molar-refractivity contribution in [3.63, 3.8) is 0 Å². The van der Waals surface area contributed by atoms with Crippen molar-refractivity contribution < 1.29 is 24.2 Å². The molecule has 0 aliphatic carbocycles. The summed E-state index contributed by atoms with van der Waals surface area (Å²) in [6.07, 6.45) is 13.4. The van der Waals surface area contributed by atoms with Crippen molar-refractivity contribution in [1.29, 1.82) is 0 Å². The van der Waals surface area contributed by atoms with Crippen LogP contribution in [0.3, 0.4) is 0 Å². The molecular weight excluding hydrogens is 380 g/mol. The molecule has 0 fully saturated rings. The number of aliphatic hydroxyl groups excluding tert-OH is 1. The second-order valence-electron chi connectivity index (χ2n) is 8.03. The molecule has 170 valence electrons. The summed E-state index contributed by atoms with van der Waals surface area (Å²) in [5, 5.41) is 9.09. The highest BCUT2D eigenvalue weighted by molar-refractivity contribution is 5.82. The van der Waals surface area contributed by atoms with Crippen LogP contribution in [0, 0.1) is 0 Å². The maximum absolute atomic E-state index is 11.8. The molecule has 5 heteroatoms. The van der Waals surface area contributed by atoms with Crippen LogP contribution in [0.15, 0.2) is 46.6 Å². The second kappa shape index (κ2) is 16.6. The lowest BCUT2D eigenvalue weighted by atomic mass is 10.0. The van der Waals surface area contributed by atoms with Gasteiger partial charge in [-0.15, -0.1) is 0 Å². The smallest absolute Gasteiger partial charge is 0.330 e. The Balaban J connectivity index is 4.22. The molecule has 0 unspecified atom stereocenters. The first-order valence-electron chi connectivity index (χ1n) is 10.7. The summed E-state index contributed by atoms with van der Waals surface area (Å²) in [5.41, 5.74) is 5.09. The Kier molecular flexibility index (Phi) is 15.4. The zero-order valence-electron chi connectivity index (χ0n) is 19.6. The van der Waals surface area contributed by atoms with Gasteiger partial charge in [-0.05, 0) is 73.1 Å². The molecule has 1 atom stereocenters. The molecule has 0 saturated heterocycles. The molecule has 0 bridgehead atoms. The fourth-order valence-electron chi connectivity index (χ4n) is 2.73. The molecule has 1 N–H and O–H groups in total. The highest BCUT2D eigenvalue weighted by Crippen LogP contribution is 2.13. The lowest BCUT2D eigenvalue weighted by Crippen LogP contribution is -2.27. The van der Waals surface area contributed by atoms with Crippen molar-refractivity contribution >= 4 is 11.9 Å². The van der Waals surface area contributed by atoms with E-state index < -0.39 is 18.0 Å². The minimum atomic E-state index is -0.823. The third-order valence-electron chi connectivity index (χ3n) is 4.47. The molecule has 0 aromatic heterocycles. The third-order valence-corrected chi connectivity index (χ3v) is 4.47. The summed E-state index contributed by atoms with van der Waals surface area (Å²) in [7, 11) is 0. The van der Waals surface area contributed by atoms with E-state index in [4.69, 9.17) is 14.6 Å². The Hall–Kier alpha value is -2.14. The predicted molar refractivity (Wildman–Crippen MR) is 122 cm³/mol. The number of rotatable bonds is 14. The summed E-state index contributed by atoms with van der Waals surface area (Å²) in [6.45, 7) is 11.2. The summed E-state index contributed by atoms with van der Waals surface area (Å²) in [5.74, 6) is -1.01. The molecule has 0 saturated carbocycles. The number of carbonyl (C=O) groups is 2. The minimum Gasteiger partial charge on any atom is -0.458 e. The van der Waals surface area contributed by atoms with E-state index in [1.165, 1.54) is 29.7 Å². The first-order valence-corrected chi connectivity index (χ1v) is 10.7. The van der Waals surface area contributed by atoms with Gasteiger partial charge in [-0.2, -0.15) is 0 Å². The number of aliphatic hydroxyl groups is 1. The monoisotopic (exact) mass is 420 g/mol. The van der Waals surface area contributed by atoms with E-state index in [0.717, 1.165) is 44.1 Å². The van der Waals surface area contributed by atoms with Crippen LogP contribution in [-0.4, -0.2) is 36.4 Å². The minimum absolute atomic E-state index is 0.154. The molecule has 0 aliphatic heterocycles. The fourth-order valence-corrected chi connectivity index (χ4v) is 2.73. The van der Waals surface area contributed by atoms with Crippen LogP contribution in [0.2, 0.25) is 0 Å². The standard InChI is InChI=1S/C25H40O5/c1-19(2)10-7-11-20(3)12-8-13-21(4)14-9-15-22(5)16-25(28)29-18-24(17-26)30-23(6)27/h10,12,14,16,24,26H,7-9,11,13,15,17-18H2,1-6H3/b20-12+,21-14+,22-16+/t24-/m0/s1. The van der Waals surface area contributed by atoms with E-state index >= 15 is 0 Å². The molecule has 5 nitrogen and oxygen atoms in total. The van der Waals surface area contributed by atoms with Crippen LogP contribution >= 0.6 is 0 Å². The van der Waals surface area contributed by atoms with Gasteiger partial charge in [-0.1, -0.05) is 40.5 Å². The Morgan fingerprint density at radius 1 is 0.800 bits per heavy atom. The average molecular weight is 421 g/mol. The third kappa shape index (κ3) is 16.8. The van der Waals surface area contributed by atoms with Crippen LogP contribution in [-0.2, 0) is 19.1 Å². The van der Waals surface area contributed by atoms with Crippen molar-refractivity contribution in [2.45, 2.75) is 86.2 Å². The van der Waals surface area contributed by atoms with Crippen LogP contribution in [0.1, 0.15) is 80.1 Å². The number of esters is 2. The average Bonchev–Trinajstić information content (AvgIpc) is 2.64. The molecular formula is C25H40O5. The summed E-state index contributed by atoms with van der Waals surface area (Å²) in [4.78, 5) is 22.7. The molecule has 0 radical (unpaired) electrons. The maximum atomic E-state index is 11.8. The van der Waals surface area contributed by atoms with Gasteiger partial charge in [0.05, 0.1) is 6.61 Å². The molecule has 0 rings (SSSR count). The van der Waals surface area contributed by atoms with Gasteiger partial charge < -0.3 is 14.6 Å². The summed E-state index contributed by atoms with van der Waals surface area (Å²) >= 11 is 0. The molecule has 0 spiro atoms. The number of allylic oxidation sites excluding steroid dienone is 7.